The van der Waals surface area contributed by atoms with E-state index in [-0.39, 0.29) is 13.2 Å². The first-order valence-electron chi connectivity index (χ1n) is 13.9. The van der Waals surface area contributed by atoms with Gasteiger partial charge in [0.2, 0.25) is 0 Å². The second kappa shape index (κ2) is 15.0. The molecular weight excluding hydrogens is 528 g/mol. The van der Waals surface area contributed by atoms with Crippen LogP contribution < -0.4 is 0 Å². The standard InChI is InChI=1S/C32H38O9/c1-35-31-30(28(26(18-34)39-31)37-20-23-13-7-3-8-14-23)41-32-29(38-21-24-15-9-4-10-16-24)27(25(17-33)40-32)36-19-22-11-5-2-6-12-22/h2-16,25-34H,17-21H2,1H3/t25-,26-,27-,28-,29+,30+,31+,32+/m1/s1. The van der Waals surface area contributed by atoms with Gasteiger partial charge in [-0.15, -0.1) is 0 Å². The molecule has 9 nitrogen and oxygen atoms in total. The third-order valence-electron chi connectivity index (χ3n) is 7.27. The fourth-order valence-electron chi connectivity index (χ4n) is 5.15. The normalized spacial score (nSPS) is 29.6. The molecule has 9 heteroatoms. The van der Waals surface area contributed by atoms with Crippen LogP contribution in [0.1, 0.15) is 16.7 Å². The summed E-state index contributed by atoms with van der Waals surface area (Å²) in [6.45, 7) is 0.336. The second-order valence-electron chi connectivity index (χ2n) is 10.1. The van der Waals surface area contributed by atoms with Crippen LogP contribution in [0, 0.1) is 0 Å². The van der Waals surface area contributed by atoms with Crippen molar-refractivity contribution < 1.29 is 43.4 Å². The lowest BCUT2D eigenvalue weighted by molar-refractivity contribution is -0.250. The first kappa shape index (κ1) is 29.8. The summed E-state index contributed by atoms with van der Waals surface area (Å²) < 4.78 is 43.1. The van der Waals surface area contributed by atoms with E-state index in [1.807, 2.05) is 91.0 Å². The summed E-state index contributed by atoms with van der Waals surface area (Å²) >= 11 is 0. The van der Waals surface area contributed by atoms with Gasteiger partial charge in [-0.25, -0.2) is 0 Å². The molecule has 2 aliphatic rings. The molecular formula is C32H38O9. The predicted molar refractivity (Wildman–Crippen MR) is 148 cm³/mol. The Kier molecular flexibility index (Phi) is 10.9. The smallest absolute Gasteiger partial charge is 0.187 e. The lowest BCUT2D eigenvalue weighted by atomic mass is 10.1. The Balaban J connectivity index is 1.35. The molecule has 8 atom stereocenters. The van der Waals surface area contributed by atoms with Crippen LogP contribution >= 0.6 is 0 Å². The molecule has 0 saturated carbocycles. The van der Waals surface area contributed by atoms with Crippen molar-refractivity contribution in [1.29, 1.82) is 0 Å². The van der Waals surface area contributed by atoms with Gasteiger partial charge in [0.25, 0.3) is 0 Å². The van der Waals surface area contributed by atoms with E-state index in [1.54, 1.807) is 0 Å². The molecule has 0 amide bonds. The van der Waals surface area contributed by atoms with E-state index in [4.69, 9.17) is 33.2 Å². The highest BCUT2D eigenvalue weighted by molar-refractivity contribution is 5.15. The van der Waals surface area contributed by atoms with Crippen molar-refractivity contribution in [3.8, 4) is 0 Å². The number of rotatable bonds is 14. The quantitative estimate of drug-likeness (QED) is 0.304. The van der Waals surface area contributed by atoms with Crippen LogP contribution in [-0.2, 0) is 53.0 Å². The molecule has 5 rings (SSSR count). The molecule has 2 aliphatic heterocycles. The van der Waals surface area contributed by atoms with Crippen LogP contribution in [-0.4, -0.2) is 79.7 Å². The summed E-state index contributed by atoms with van der Waals surface area (Å²) in [6, 6.07) is 29.3. The summed E-state index contributed by atoms with van der Waals surface area (Å²) in [6.07, 6.45) is -5.80. The first-order valence-corrected chi connectivity index (χ1v) is 13.9. The maximum atomic E-state index is 10.2. The van der Waals surface area contributed by atoms with Gasteiger partial charge < -0.3 is 43.4 Å². The minimum Gasteiger partial charge on any atom is -0.394 e. The Morgan fingerprint density at radius 3 is 1.34 bits per heavy atom. The lowest BCUT2D eigenvalue weighted by Crippen LogP contribution is -2.45. The summed E-state index contributed by atoms with van der Waals surface area (Å²) in [4.78, 5) is 0. The molecule has 3 aromatic rings. The average Bonchev–Trinajstić information content (AvgIpc) is 3.55. The van der Waals surface area contributed by atoms with Gasteiger partial charge in [0, 0.05) is 7.11 Å². The van der Waals surface area contributed by atoms with Crippen molar-refractivity contribution in [1.82, 2.24) is 0 Å². The summed E-state index contributed by atoms with van der Waals surface area (Å²) in [5.41, 5.74) is 2.93. The van der Waals surface area contributed by atoms with Crippen molar-refractivity contribution in [3.05, 3.63) is 108 Å². The van der Waals surface area contributed by atoms with Crippen LogP contribution in [0.3, 0.4) is 0 Å². The molecule has 0 spiro atoms. The van der Waals surface area contributed by atoms with E-state index in [0.717, 1.165) is 16.7 Å². The summed E-state index contributed by atoms with van der Waals surface area (Å²) in [5, 5.41) is 20.3. The number of hydrogen-bond donors (Lipinski definition) is 2. The Morgan fingerprint density at radius 1 is 0.537 bits per heavy atom. The molecule has 0 aliphatic carbocycles. The Labute approximate surface area is 240 Å². The van der Waals surface area contributed by atoms with E-state index in [9.17, 15) is 10.2 Å². The van der Waals surface area contributed by atoms with E-state index in [1.165, 1.54) is 7.11 Å². The molecule has 0 aromatic heterocycles. The van der Waals surface area contributed by atoms with Gasteiger partial charge >= 0.3 is 0 Å². The maximum Gasteiger partial charge on any atom is 0.187 e. The van der Waals surface area contributed by atoms with Gasteiger partial charge in [-0.1, -0.05) is 91.0 Å². The molecule has 2 fully saturated rings. The predicted octanol–water partition coefficient (Wildman–Crippen LogP) is 3.21. The number of ether oxygens (including phenoxy) is 7. The van der Waals surface area contributed by atoms with Crippen molar-refractivity contribution in [2.24, 2.45) is 0 Å². The average molecular weight is 567 g/mol. The van der Waals surface area contributed by atoms with E-state index >= 15 is 0 Å². The Morgan fingerprint density at radius 2 is 0.927 bits per heavy atom. The molecule has 0 bridgehead atoms. The summed E-state index contributed by atoms with van der Waals surface area (Å²) in [5.74, 6) is 0. The van der Waals surface area contributed by atoms with Gasteiger partial charge in [-0.3, -0.25) is 0 Å². The van der Waals surface area contributed by atoms with Crippen LogP contribution in [0.4, 0.5) is 0 Å². The SMILES string of the molecule is CO[C@H]1O[C@H](CO)[C@@H](OCc2ccccc2)[C@@H]1O[C@@H]1O[C@H](CO)[C@@H](OCc2ccccc2)[C@@H]1OCc1ccccc1. The van der Waals surface area contributed by atoms with Gasteiger partial charge in [0.15, 0.2) is 12.6 Å². The second-order valence-corrected chi connectivity index (χ2v) is 10.1. The van der Waals surface area contributed by atoms with E-state index in [0.29, 0.717) is 19.8 Å². The molecule has 220 valence electrons. The molecule has 41 heavy (non-hydrogen) atoms. The molecule has 2 saturated heterocycles. The van der Waals surface area contributed by atoms with Crippen LogP contribution in [0.5, 0.6) is 0 Å². The van der Waals surface area contributed by atoms with Gasteiger partial charge in [-0.2, -0.15) is 0 Å². The van der Waals surface area contributed by atoms with E-state index < -0.39 is 49.2 Å². The minimum atomic E-state index is -0.928. The van der Waals surface area contributed by atoms with Gasteiger partial charge in [0.05, 0.1) is 33.0 Å². The van der Waals surface area contributed by atoms with Gasteiger partial charge in [-0.05, 0) is 16.7 Å². The highest BCUT2D eigenvalue weighted by Gasteiger charge is 2.53. The summed E-state index contributed by atoms with van der Waals surface area (Å²) in [7, 11) is 1.51. The zero-order chi connectivity index (χ0) is 28.4. The molecule has 0 unspecified atom stereocenters. The van der Waals surface area contributed by atoms with Crippen LogP contribution in [0.15, 0.2) is 91.0 Å². The number of benzene rings is 3. The molecule has 3 aromatic carbocycles. The van der Waals surface area contributed by atoms with Crippen molar-refractivity contribution >= 4 is 0 Å². The Bertz CT molecular complexity index is 1150. The number of aliphatic hydroxyl groups excluding tert-OH is 2. The topological polar surface area (TPSA) is 105 Å². The largest absolute Gasteiger partial charge is 0.394 e. The lowest BCUT2D eigenvalue weighted by Gasteiger charge is -2.29. The fraction of sp³-hybridized carbons (Fsp3) is 0.438. The number of aliphatic hydroxyl groups is 2. The highest BCUT2D eigenvalue weighted by atomic mass is 16.8. The van der Waals surface area contributed by atoms with Gasteiger partial charge in [0.1, 0.15) is 36.6 Å². The monoisotopic (exact) mass is 566 g/mol. The first-order chi connectivity index (χ1) is 20.2. The fourth-order valence-corrected chi connectivity index (χ4v) is 5.15. The zero-order valence-corrected chi connectivity index (χ0v) is 23.1. The highest BCUT2D eigenvalue weighted by Crippen LogP contribution is 2.35. The molecule has 2 heterocycles. The van der Waals surface area contributed by atoms with Crippen molar-refractivity contribution in [2.75, 3.05) is 20.3 Å². The van der Waals surface area contributed by atoms with Crippen LogP contribution in [0.25, 0.3) is 0 Å². The van der Waals surface area contributed by atoms with E-state index in [2.05, 4.69) is 0 Å². The third-order valence-corrected chi connectivity index (χ3v) is 7.27. The molecule has 2 N–H and O–H groups in total. The van der Waals surface area contributed by atoms with Crippen molar-refractivity contribution in [3.63, 3.8) is 0 Å². The zero-order valence-electron chi connectivity index (χ0n) is 23.1. The minimum absolute atomic E-state index is 0.277. The maximum absolute atomic E-state index is 10.2. The number of hydrogen-bond acceptors (Lipinski definition) is 9. The molecule has 0 radical (unpaired) electrons. The van der Waals surface area contributed by atoms with Crippen molar-refractivity contribution in [2.45, 2.75) is 69.0 Å². The Hall–Kier alpha value is -2.70. The number of methoxy groups -OCH3 is 1. The van der Waals surface area contributed by atoms with Crippen LogP contribution in [0.2, 0.25) is 0 Å². The third kappa shape index (κ3) is 7.58.